The lowest BCUT2D eigenvalue weighted by molar-refractivity contribution is 0.804. The van der Waals surface area contributed by atoms with E-state index in [4.69, 9.17) is 0 Å². The normalized spacial score (nSPS) is 9.40. The molecule has 0 aromatic carbocycles. The van der Waals surface area contributed by atoms with Gasteiger partial charge in [-0.05, 0) is 11.7 Å². The van der Waals surface area contributed by atoms with E-state index in [9.17, 15) is 4.32 Å². The first-order valence-corrected chi connectivity index (χ1v) is 3.06. The number of anilines is 1. The zero-order valence-electron chi connectivity index (χ0n) is 6.06. The van der Waals surface area contributed by atoms with E-state index in [1.807, 2.05) is 7.85 Å². The van der Waals surface area contributed by atoms with E-state index >= 15 is 0 Å². The summed E-state index contributed by atoms with van der Waals surface area (Å²) in [4.78, 5) is 0. The van der Waals surface area contributed by atoms with Crippen LogP contribution >= 0.6 is 0 Å². The monoisotopic (exact) mass is 139 g/mol. The van der Waals surface area contributed by atoms with Crippen LogP contribution in [-0.2, 0) is 0 Å². The van der Waals surface area contributed by atoms with Crippen LogP contribution in [-0.4, -0.2) is 32.3 Å². The summed E-state index contributed by atoms with van der Waals surface area (Å²) in [6.45, 7) is 0. The van der Waals surface area contributed by atoms with Crippen LogP contribution in [0, 0.1) is 0 Å². The second-order valence-corrected chi connectivity index (χ2v) is 2.04. The maximum absolute atomic E-state index is 12.0. The molecule has 0 aliphatic carbocycles. The molecule has 6 heteroatoms. The molecule has 3 nitrogen and oxygen atoms in total. The van der Waals surface area contributed by atoms with Crippen LogP contribution in [0.1, 0.15) is 0 Å². The highest BCUT2D eigenvalue weighted by Crippen LogP contribution is 1.95. The first-order chi connectivity index (χ1) is 4.77. The van der Waals surface area contributed by atoms with Crippen LogP contribution < -0.4 is 10.9 Å². The summed E-state index contributed by atoms with van der Waals surface area (Å²) >= 11 is 0. The predicted molar refractivity (Wildman–Crippen MR) is 43.6 cm³/mol. The van der Waals surface area contributed by atoms with E-state index in [2.05, 4.69) is 10.4 Å². The Balaban J connectivity index is 2.92. The van der Waals surface area contributed by atoms with Crippen molar-refractivity contribution in [1.29, 1.82) is 0 Å². The van der Waals surface area contributed by atoms with Gasteiger partial charge in [0.05, 0.1) is 0 Å². The molecular formula is C4H8B2FN3. The van der Waals surface area contributed by atoms with Crippen molar-refractivity contribution in [3.8, 4) is 0 Å². The van der Waals surface area contributed by atoms with Crippen molar-refractivity contribution >= 4 is 26.9 Å². The van der Waals surface area contributed by atoms with Gasteiger partial charge in [0, 0.05) is 7.05 Å². The largest absolute Gasteiger partial charge is 0.464 e. The molecular weight excluding hydrogens is 131 g/mol. The molecule has 0 aliphatic rings. The highest BCUT2D eigenvalue weighted by Gasteiger charge is 2.01. The van der Waals surface area contributed by atoms with E-state index in [1.165, 1.54) is 4.59 Å². The number of nitrogens with one attached hydrogen (secondary N) is 1. The fraction of sp³-hybridized carbons (Fsp3) is 0.250. The number of nitrogens with zero attached hydrogens (tertiary/aromatic N) is 2. The molecule has 0 radical (unpaired) electrons. The molecule has 0 unspecified atom stereocenters. The number of hydrogen-bond donors (Lipinski definition) is 1. The minimum atomic E-state index is -0.562. The van der Waals surface area contributed by atoms with E-state index < -0.39 is 7.69 Å². The highest BCUT2D eigenvalue weighted by atomic mass is 19.1. The van der Waals surface area contributed by atoms with Gasteiger partial charge in [-0.3, -0.25) is 4.59 Å². The fourth-order valence-electron chi connectivity index (χ4n) is 0.753. The van der Waals surface area contributed by atoms with Crippen molar-refractivity contribution in [3.63, 3.8) is 0 Å². The summed E-state index contributed by atoms with van der Waals surface area (Å²) in [5, 5.41) is 6.70. The van der Waals surface area contributed by atoms with Crippen LogP contribution in [0.5, 0.6) is 0 Å². The van der Waals surface area contributed by atoms with Crippen LogP contribution in [0.15, 0.2) is 6.07 Å². The van der Waals surface area contributed by atoms with Crippen LogP contribution in [0.2, 0.25) is 0 Å². The smallest absolute Gasteiger partial charge is 0.372 e. The first kappa shape index (κ1) is 7.18. The molecule has 0 amide bonds. The van der Waals surface area contributed by atoms with Crippen molar-refractivity contribution < 1.29 is 4.32 Å². The van der Waals surface area contributed by atoms with E-state index in [-0.39, 0.29) is 0 Å². The van der Waals surface area contributed by atoms with Gasteiger partial charge in [-0.15, -0.1) is 0 Å². The van der Waals surface area contributed by atoms with Crippen LogP contribution in [0.3, 0.4) is 0 Å². The summed E-state index contributed by atoms with van der Waals surface area (Å²) in [6.07, 6.45) is 0. The van der Waals surface area contributed by atoms with Crippen molar-refractivity contribution in [1.82, 2.24) is 9.69 Å². The third-order valence-electron chi connectivity index (χ3n) is 1.35. The molecule has 0 aliphatic heterocycles. The molecule has 0 atom stereocenters. The van der Waals surface area contributed by atoms with Gasteiger partial charge in [0.2, 0.25) is 0 Å². The molecule has 10 heavy (non-hydrogen) atoms. The molecule has 52 valence electrons. The molecule has 1 heterocycles. The van der Waals surface area contributed by atoms with Gasteiger partial charge in [0.1, 0.15) is 5.82 Å². The van der Waals surface area contributed by atoms with E-state index in [0.29, 0.717) is 5.82 Å². The van der Waals surface area contributed by atoms with E-state index in [0.717, 1.165) is 5.59 Å². The maximum Gasteiger partial charge on any atom is 0.464 e. The Kier molecular flexibility index (Phi) is 1.99. The third kappa shape index (κ3) is 1.15. The number of aromatic nitrogens is 2. The Hall–Kier alpha value is -0.930. The van der Waals surface area contributed by atoms with Crippen LogP contribution in [0.4, 0.5) is 10.1 Å². The molecule has 1 aromatic rings. The van der Waals surface area contributed by atoms with Crippen molar-refractivity contribution in [3.05, 3.63) is 6.07 Å². The Labute approximate surface area is 60.3 Å². The maximum atomic E-state index is 12.0. The molecule has 0 fully saturated rings. The molecule has 0 saturated heterocycles. The van der Waals surface area contributed by atoms with Gasteiger partial charge in [-0.25, -0.2) is 0 Å². The van der Waals surface area contributed by atoms with E-state index in [1.54, 1.807) is 13.1 Å². The van der Waals surface area contributed by atoms with Gasteiger partial charge >= 0.3 is 7.69 Å². The minimum Gasteiger partial charge on any atom is -0.372 e. The highest BCUT2D eigenvalue weighted by molar-refractivity contribution is 6.37. The average Bonchev–Trinajstić information content (AvgIpc) is 2.30. The Morgan fingerprint density at radius 2 is 2.60 bits per heavy atom. The first-order valence-electron chi connectivity index (χ1n) is 3.06. The van der Waals surface area contributed by atoms with Crippen molar-refractivity contribution in [2.45, 2.75) is 0 Å². The summed E-state index contributed by atoms with van der Waals surface area (Å²) in [5.74, 6) is 0.704. The van der Waals surface area contributed by atoms with Crippen molar-refractivity contribution in [2.24, 2.45) is 0 Å². The molecule has 0 saturated carbocycles. The third-order valence-corrected chi connectivity index (χ3v) is 1.35. The summed E-state index contributed by atoms with van der Waals surface area (Å²) in [5.41, 5.74) is 0.826. The van der Waals surface area contributed by atoms with Gasteiger partial charge in [-0.1, -0.05) is 0 Å². The number of halogens is 1. The Morgan fingerprint density at radius 3 is 2.90 bits per heavy atom. The zero-order valence-corrected chi connectivity index (χ0v) is 6.06. The van der Waals surface area contributed by atoms with Crippen molar-refractivity contribution in [2.75, 3.05) is 12.4 Å². The number of hydrogen-bond acceptors (Lipinski definition) is 2. The lowest BCUT2D eigenvalue weighted by atomic mass is 10.0. The summed E-state index contributed by atoms with van der Waals surface area (Å²) in [7, 11) is 3.01. The standard InChI is InChI=1S/C4H8B2FN3/c1-8-4-2-3(5)10(6-7)9-4/h2,6H,5H2,1H3,(H,8,9). The molecule has 0 spiro atoms. The molecule has 1 aromatic heterocycles. The molecule has 1 N–H and O–H groups in total. The second-order valence-electron chi connectivity index (χ2n) is 2.04. The summed E-state index contributed by atoms with van der Waals surface area (Å²) < 4.78 is 13.3. The zero-order chi connectivity index (χ0) is 7.56. The predicted octanol–water partition coefficient (Wildman–Crippen LogP) is -1.73. The Morgan fingerprint density at radius 1 is 1.90 bits per heavy atom. The quantitative estimate of drug-likeness (QED) is 0.493. The molecule has 1 rings (SSSR count). The lowest BCUT2D eigenvalue weighted by Gasteiger charge is -1.92. The fourth-order valence-corrected chi connectivity index (χ4v) is 0.753. The van der Waals surface area contributed by atoms with Gasteiger partial charge in [-0.2, -0.15) is 5.10 Å². The SMILES string of the molecule is Bc1cc(NC)nn1BF. The number of rotatable bonds is 2. The topological polar surface area (TPSA) is 29.9 Å². The Bertz CT molecular complexity index is 224. The van der Waals surface area contributed by atoms with Gasteiger partial charge in [0.15, 0.2) is 7.85 Å². The second kappa shape index (κ2) is 2.77. The van der Waals surface area contributed by atoms with Crippen LogP contribution in [0.25, 0.3) is 0 Å². The summed E-state index contributed by atoms with van der Waals surface area (Å²) in [6, 6.07) is 1.79. The van der Waals surface area contributed by atoms with Gasteiger partial charge in [0.25, 0.3) is 0 Å². The lowest BCUT2D eigenvalue weighted by Crippen LogP contribution is -2.20. The molecule has 0 bridgehead atoms. The average molecular weight is 139 g/mol. The minimum absolute atomic E-state index is 0.562. The van der Waals surface area contributed by atoms with Gasteiger partial charge < -0.3 is 9.63 Å².